The van der Waals surface area contributed by atoms with Crippen molar-refractivity contribution in [1.29, 1.82) is 0 Å². The quantitative estimate of drug-likeness (QED) is 0.245. The zero-order chi connectivity index (χ0) is 14.5. The second-order valence-electron chi connectivity index (χ2n) is 4.55. The highest BCUT2D eigenvalue weighted by Crippen LogP contribution is 2.33. The fourth-order valence-corrected chi connectivity index (χ4v) is 3.16. The first-order valence-electron chi connectivity index (χ1n) is 6.36. The van der Waals surface area contributed by atoms with Crippen LogP contribution in [0.15, 0.2) is 23.1 Å². The molecule has 2 atom stereocenters. The molecule has 110 valence electrons. The monoisotopic (exact) mass is 297 g/mol. The summed E-state index contributed by atoms with van der Waals surface area (Å²) in [4.78, 5) is 12.4. The average molecular weight is 297 g/mol. The van der Waals surface area contributed by atoms with Crippen LogP contribution >= 0.6 is 11.8 Å². The second-order valence-corrected chi connectivity index (χ2v) is 5.62. The molecule has 0 aromatic heterocycles. The Hall–Kier alpha value is -1.44. The van der Waals surface area contributed by atoms with Gasteiger partial charge in [0.25, 0.3) is 5.91 Å². The minimum Gasteiger partial charge on any atom is -0.496 e. The van der Waals surface area contributed by atoms with Crippen LogP contribution in [0.25, 0.3) is 0 Å². The van der Waals surface area contributed by atoms with Gasteiger partial charge in [0.15, 0.2) is 0 Å². The van der Waals surface area contributed by atoms with Crippen LogP contribution in [-0.4, -0.2) is 31.0 Å². The van der Waals surface area contributed by atoms with Crippen molar-refractivity contribution < 1.29 is 14.3 Å². The topological polar surface area (TPSA) is 99.6 Å². The molecule has 0 saturated carbocycles. The summed E-state index contributed by atoms with van der Waals surface area (Å²) in [6.45, 7) is 0. The molecular weight excluding hydrogens is 278 g/mol. The number of methoxy groups -OCH3 is 1. The van der Waals surface area contributed by atoms with Gasteiger partial charge in [-0.05, 0) is 25.0 Å². The lowest BCUT2D eigenvalue weighted by Crippen LogP contribution is -2.39. The Labute approximate surface area is 122 Å². The lowest BCUT2D eigenvalue weighted by atomic mass is 10.2. The Morgan fingerprint density at radius 1 is 1.55 bits per heavy atom. The zero-order valence-corrected chi connectivity index (χ0v) is 12.1. The van der Waals surface area contributed by atoms with Crippen LogP contribution in [0, 0.1) is 0 Å². The number of rotatable bonds is 5. The van der Waals surface area contributed by atoms with Gasteiger partial charge in [-0.15, -0.1) is 11.8 Å². The highest BCUT2D eigenvalue weighted by Gasteiger charge is 2.30. The number of benzene rings is 1. The number of hydrazine groups is 1. The van der Waals surface area contributed by atoms with E-state index in [0.29, 0.717) is 12.1 Å². The molecular formula is C13H19N3O3S. The molecule has 0 radical (unpaired) electrons. The third kappa shape index (κ3) is 3.56. The highest BCUT2D eigenvalue weighted by atomic mass is 32.2. The normalized spacial score (nSPS) is 21.7. The van der Waals surface area contributed by atoms with Crippen molar-refractivity contribution in [2.75, 3.05) is 18.6 Å². The summed E-state index contributed by atoms with van der Waals surface area (Å²) in [7, 11) is 1.62. The number of anilines is 1. The standard InChI is InChI=1S/C13H19N3O3S/c1-18-11-6-8(14)2-5-12(11)20-7-9-3-4-10(19-9)13(17)16-15/h2,5-6,9-10H,3-4,7,14-15H2,1H3,(H,16,17). The van der Waals surface area contributed by atoms with Crippen molar-refractivity contribution in [2.24, 2.45) is 5.84 Å². The molecule has 1 heterocycles. The molecule has 1 saturated heterocycles. The lowest BCUT2D eigenvalue weighted by molar-refractivity contribution is -0.131. The molecule has 7 heteroatoms. The molecule has 1 aliphatic heterocycles. The highest BCUT2D eigenvalue weighted by molar-refractivity contribution is 7.99. The molecule has 0 spiro atoms. The van der Waals surface area contributed by atoms with Gasteiger partial charge in [0, 0.05) is 22.4 Å². The number of thioether (sulfide) groups is 1. The van der Waals surface area contributed by atoms with Crippen LogP contribution in [0.1, 0.15) is 12.8 Å². The third-order valence-electron chi connectivity index (χ3n) is 3.15. The number of carbonyl (C=O) groups is 1. The molecule has 1 fully saturated rings. The lowest BCUT2D eigenvalue weighted by Gasteiger charge is -2.13. The van der Waals surface area contributed by atoms with Crippen molar-refractivity contribution >= 4 is 23.4 Å². The van der Waals surface area contributed by atoms with Gasteiger partial charge in [0.1, 0.15) is 11.9 Å². The molecule has 1 amide bonds. The molecule has 6 nitrogen and oxygen atoms in total. The van der Waals surface area contributed by atoms with Gasteiger partial charge in [-0.3, -0.25) is 10.2 Å². The molecule has 0 bridgehead atoms. The average Bonchev–Trinajstić information content (AvgIpc) is 2.93. The Morgan fingerprint density at radius 2 is 2.35 bits per heavy atom. The van der Waals surface area contributed by atoms with E-state index in [1.807, 2.05) is 12.1 Å². The van der Waals surface area contributed by atoms with Gasteiger partial charge in [-0.1, -0.05) is 0 Å². The molecule has 1 aromatic carbocycles. The van der Waals surface area contributed by atoms with E-state index in [2.05, 4.69) is 5.43 Å². The minimum atomic E-state index is -0.432. The SMILES string of the molecule is COc1cc(N)ccc1SCC1CCC(C(=O)NN)O1. The van der Waals surface area contributed by atoms with Gasteiger partial charge >= 0.3 is 0 Å². The second kappa shape index (κ2) is 6.83. The summed E-state index contributed by atoms with van der Waals surface area (Å²) in [6, 6.07) is 5.56. The van der Waals surface area contributed by atoms with E-state index in [0.717, 1.165) is 22.8 Å². The van der Waals surface area contributed by atoms with Crippen LogP contribution in [0.3, 0.4) is 0 Å². The van der Waals surface area contributed by atoms with Crippen LogP contribution in [-0.2, 0) is 9.53 Å². The summed E-state index contributed by atoms with van der Waals surface area (Å²) in [5.74, 6) is 6.35. The molecule has 5 N–H and O–H groups in total. The number of nitrogen functional groups attached to an aromatic ring is 1. The molecule has 1 aromatic rings. The smallest absolute Gasteiger partial charge is 0.263 e. The minimum absolute atomic E-state index is 0.0459. The van der Waals surface area contributed by atoms with E-state index in [1.54, 1.807) is 24.9 Å². The van der Waals surface area contributed by atoms with Crippen LogP contribution in [0.4, 0.5) is 5.69 Å². The van der Waals surface area contributed by atoms with Crippen molar-refractivity contribution in [3.05, 3.63) is 18.2 Å². The summed E-state index contributed by atoms with van der Waals surface area (Å²) in [6.07, 6.45) is 1.17. The molecule has 2 unspecified atom stereocenters. The first kappa shape index (κ1) is 15.0. The summed E-state index contributed by atoms with van der Waals surface area (Å²) >= 11 is 1.63. The Morgan fingerprint density at radius 3 is 3.05 bits per heavy atom. The van der Waals surface area contributed by atoms with E-state index in [-0.39, 0.29) is 12.0 Å². The number of hydrogen-bond donors (Lipinski definition) is 3. The number of amides is 1. The largest absolute Gasteiger partial charge is 0.496 e. The fourth-order valence-electron chi connectivity index (χ4n) is 2.10. The molecule has 20 heavy (non-hydrogen) atoms. The number of ether oxygens (including phenoxy) is 2. The van der Waals surface area contributed by atoms with E-state index in [9.17, 15) is 4.79 Å². The van der Waals surface area contributed by atoms with Gasteiger partial charge in [-0.2, -0.15) is 0 Å². The molecule has 0 aliphatic carbocycles. The van der Waals surface area contributed by atoms with Crippen molar-refractivity contribution in [3.63, 3.8) is 0 Å². The predicted molar refractivity (Wildman–Crippen MR) is 78.4 cm³/mol. The maximum absolute atomic E-state index is 11.4. The van der Waals surface area contributed by atoms with E-state index in [4.69, 9.17) is 21.1 Å². The summed E-state index contributed by atoms with van der Waals surface area (Å²) in [5.41, 5.74) is 8.51. The van der Waals surface area contributed by atoms with Crippen LogP contribution < -0.4 is 21.7 Å². The van der Waals surface area contributed by atoms with E-state index >= 15 is 0 Å². The Bertz CT molecular complexity index is 484. The predicted octanol–water partition coefficient (Wildman–Crippen LogP) is 0.907. The number of hydrogen-bond acceptors (Lipinski definition) is 6. The van der Waals surface area contributed by atoms with Gasteiger partial charge in [-0.25, -0.2) is 5.84 Å². The number of nitrogens with two attached hydrogens (primary N) is 2. The number of carbonyl (C=O) groups excluding carboxylic acids is 1. The van der Waals surface area contributed by atoms with E-state index < -0.39 is 6.10 Å². The maximum Gasteiger partial charge on any atom is 0.263 e. The van der Waals surface area contributed by atoms with Gasteiger partial charge < -0.3 is 15.2 Å². The van der Waals surface area contributed by atoms with Gasteiger partial charge in [0.05, 0.1) is 13.2 Å². The van der Waals surface area contributed by atoms with Crippen LogP contribution in [0.5, 0.6) is 5.75 Å². The summed E-state index contributed by atoms with van der Waals surface area (Å²) in [5, 5.41) is 0. The van der Waals surface area contributed by atoms with E-state index in [1.165, 1.54) is 0 Å². The first-order valence-corrected chi connectivity index (χ1v) is 7.35. The maximum atomic E-state index is 11.4. The first-order chi connectivity index (χ1) is 9.63. The van der Waals surface area contributed by atoms with Crippen molar-refractivity contribution in [2.45, 2.75) is 29.9 Å². The van der Waals surface area contributed by atoms with Crippen LogP contribution in [0.2, 0.25) is 0 Å². The number of nitrogens with one attached hydrogen (secondary N) is 1. The zero-order valence-electron chi connectivity index (χ0n) is 11.3. The summed E-state index contributed by atoms with van der Waals surface area (Å²) < 4.78 is 11.0. The van der Waals surface area contributed by atoms with Gasteiger partial charge in [0.2, 0.25) is 0 Å². The Kier molecular flexibility index (Phi) is 5.11. The fraction of sp³-hybridized carbons (Fsp3) is 0.462. The molecule has 2 rings (SSSR count). The Balaban J connectivity index is 1.89. The molecule has 1 aliphatic rings. The van der Waals surface area contributed by atoms with Crippen molar-refractivity contribution in [3.8, 4) is 5.75 Å². The van der Waals surface area contributed by atoms with Crippen molar-refractivity contribution in [1.82, 2.24) is 5.43 Å². The third-order valence-corrected chi connectivity index (χ3v) is 4.34.